The van der Waals surface area contributed by atoms with Crippen molar-refractivity contribution in [1.29, 1.82) is 0 Å². The van der Waals surface area contributed by atoms with E-state index in [1.54, 1.807) is 17.1 Å². The SMILES string of the molecule is CCc1ccc(OCn2cc(NC(=O)c3cc(-c4c(C)nn(C)c4C)nc4ccccc34)cn2)cc1. The first-order valence-corrected chi connectivity index (χ1v) is 11.9. The van der Waals surface area contributed by atoms with Gasteiger partial charge in [0, 0.05) is 23.7 Å². The first kappa shape index (κ1) is 23.3. The van der Waals surface area contributed by atoms with E-state index in [0.717, 1.165) is 45.7 Å². The highest BCUT2D eigenvalue weighted by Crippen LogP contribution is 2.29. The molecular weight excluding hydrogens is 452 g/mol. The van der Waals surface area contributed by atoms with E-state index in [9.17, 15) is 4.79 Å². The number of nitrogens with one attached hydrogen (secondary N) is 1. The molecule has 3 heterocycles. The highest BCUT2D eigenvalue weighted by atomic mass is 16.5. The molecule has 8 heteroatoms. The van der Waals surface area contributed by atoms with Gasteiger partial charge in [0.1, 0.15) is 5.75 Å². The van der Waals surface area contributed by atoms with Crippen molar-refractivity contribution in [1.82, 2.24) is 24.5 Å². The van der Waals surface area contributed by atoms with E-state index in [1.165, 1.54) is 5.56 Å². The topological polar surface area (TPSA) is 86.9 Å². The van der Waals surface area contributed by atoms with E-state index in [-0.39, 0.29) is 12.6 Å². The fourth-order valence-corrected chi connectivity index (χ4v) is 4.29. The first-order chi connectivity index (χ1) is 17.4. The van der Waals surface area contributed by atoms with Crippen LogP contribution in [0.2, 0.25) is 0 Å². The molecule has 0 fully saturated rings. The summed E-state index contributed by atoms with van der Waals surface area (Å²) < 4.78 is 9.28. The van der Waals surface area contributed by atoms with Gasteiger partial charge in [0.25, 0.3) is 5.91 Å². The van der Waals surface area contributed by atoms with Crippen molar-refractivity contribution in [3.63, 3.8) is 0 Å². The number of pyridine rings is 1. The van der Waals surface area contributed by atoms with Gasteiger partial charge in [-0.25, -0.2) is 9.67 Å². The van der Waals surface area contributed by atoms with Gasteiger partial charge in [-0.15, -0.1) is 0 Å². The zero-order valence-corrected chi connectivity index (χ0v) is 20.8. The van der Waals surface area contributed by atoms with Crippen LogP contribution in [-0.2, 0) is 20.2 Å². The van der Waals surface area contributed by atoms with Crippen LogP contribution in [0.25, 0.3) is 22.2 Å². The van der Waals surface area contributed by atoms with Crippen molar-refractivity contribution in [2.45, 2.75) is 33.9 Å². The Hall–Kier alpha value is -4.46. The highest BCUT2D eigenvalue weighted by Gasteiger charge is 2.19. The van der Waals surface area contributed by atoms with Gasteiger partial charge < -0.3 is 10.1 Å². The Morgan fingerprint density at radius 2 is 1.86 bits per heavy atom. The number of hydrogen-bond donors (Lipinski definition) is 1. The molecule has 36 heavy (non-hydrogen) atoms. The first-order valence-electron chi connectivity index (χ1n) is 11.9. The maximum absolute atomic E-state index is 13.4. The van der Waals surface area contributed by atoms with Crippen molar-refractivity contribution in [3.05, 3.63) is 89.5 Å². The third-order valence-electron chi connectivity index (χ3n) is 6.31. The minimum atomic E-state index is -0.232. The van der Waals surface area contributed by atoms with Gasteiger partial charge >= 0.3 is 0 Å². The molecule has 5 rings (SSSR count). The highest BCUT2D eigenvalue weighted by molar-refractivity contribution is 6.13. The molecule has 0 saturated carbocycles. The fraction of sp³-hybridized carbons (Fsp3) is 0.214. The largest absolute Gasteiger partial charge is 0.471 e. The van der Waals surface area contributed by atoms with Crippen LogP contribution >= 0.6 is 0 Å². The minimum Gasteiger partial charge on any atom is -0.471 e. The van der Waals surface area contributed by atoms with Crippen LogP contribution in [-0.4, -0.2) is 30.5 Å². The number of hydrogen-bond acceptors (Lipinski definition) is 5. The molecule has 1 N–H and O–H groups in total. The number of benzene rings is 2. The number of amides is 1. The van der Waals surface area contributed by atoms with Crippen molar-refractivity contribution < 1.29 is 9.53 Å². The van der Waals surface area contributed by atoms with E-state index >= 15 is 0 Å². The summed E-state index contributed by atoms with van der Waals surface area (Å²) in [7, 11) is 1.90. The zero-order chi connectivity index (χ0) is 25.2. The van der Waals surface area contributed by atoms with Gasteiger partial charge in [-0.05, 0) is 50.1 Å². The number of aromatic nitrogens is 5. The Morgan fingerprint density at radius 1 is 1.08 bits per heavy atom. The van der Waals surface area contributed by atoms with Crippen molar-refractivity contribution in [3.8, 4) is 17.0 Å². The predicted molar refractivity (Wildman–Crippen MR) is 140 cm³/mol. The summed E-state index contributed by atoms with van der Waals surface area (Å²) in [6, 6.07) is 17.5. The molecule has 0 spiro atoms. The molecule has 0 aliphatic rings. The molecule has 182 valence electrons. The lowest BCUT2D eigenvalue weighted by Crippen LogP contribution is -2.13. The van der Waals surface area contributed by atoms with Gasteiger partial charge in [-0.1, -0.05) is 37.3 Å². The monoisotopic (exact) mass is 480 g/mol. The number of nitrogens with zero attached hydrogens (tertiary/aromatic N) is 5. The van der Waals surface area contributed by atoms with Gasteiger partial charge in [0.2, 0.25) is 0 Å². The van der Waals surface area contributed by atoms with E-state index in [2.05, 4.69) is 22.4 Å². The zero-order valence-electron chi connectivity index (χ0n) is 20.8. The molecule has 2 aromatic carbocycles. The lowest BCUT2D eigenvalue weighted by atomic mass is 10.0. The van der Waals surface area contributed by atoms with Crippen LogP contribution in [0.15, 0.2) is 67.0 Å². The summed E-state index contributed by atoms with van der Waals surface area (Å²) in [5.74, 6) is 0.537. The number of carbonyl (C=O) groups is 1. The van der Waals surface area contributed by atoms with E-state index in [1.807, 2.05) is 80.2 Å². The summed E-state index contributed by atoms with van der Waals surface area (Å²) in [5.41, 5.74) is 6.66. The normalized spacial score (nSPS) is 11.1. The third kappa shape index (κ3) is 4.57. The molecule has 0 aliphatic heterocycles. The summed E-state index contributed by atoms with van der Waals surface area (Å²) in [4.78, 5) is 18.2. The van der Waals surface area contributed by atoms with Crippen molar-refractivity contribution >= 4 is 22.5 Å². The number of rotatable bonds is 7. The summed E-state index contributed by atoms with van der Waals surface area (Å²) in [6.45, 7) is 6.31. The van der Waals surface area contributed by atoms with Crippen LogP contribution in [0.3, 0.4) is 0 Å². The molecule has 1 amide bonds. The summed E-state index contributed by atoms with van der Waals surface area (Å²) in [6.07, 6.45) is 4.34. The molecule has 0 radical (unpaired) electrons. The molecule has 8 nitrogen and oxygen atoms in total. The standard InChI is InChI=1S/C28H28N6O2/c1-5-20-10-12-22(13-11-20)36-17-34-16-21(15-29-34)30-28(35)24-14-26(27-18(2)32-33(4)19(27)3)31-25-9-7-6-8-23(24)25/h6-16H,5,17H2,1-4H3,(H,30,35). The number of ether oxygens (including phenoxy) is 1. The minimum absolute atomic E-state index is 0.232. The van der Waals surface area contributed by atoms with Crippen LogP contribution in [0, 0.1) is 13.8 Å². The molecule has 5 aromatic rings. The second kappa shape index (κ2) is 9.65. The van der Waals surface area contributed by atoms with Crippen molar-refractivity contribution in [2.75, 3.05) is 5.32 Å². The van der Waals surface area contributed by atoms with Crippen LogP contribution in [0.5, 0.6) is 5.75 Å². The number of anilines is 1. The van der Waals surface area contributed by atoms with E-state index in [0.29, 0.717) is 11.3 Å². The summed E-state index contributed by atoms with van der Waals surface area (Å²) >= 11 is 0. The van der Waals surface area contributed by atoms with Gasteiger partial charge in [-0.2, -0.15) is 10.2 Å². The second-order valence-corrected chi connectivity index (χ2v) is 8.74. The van der Waals surface area contributed by atoms with Crippen molar-refractivity contribution in [2.24, 2.45) is 7.05 Å². The second-order valence-electron chi connectivity index (χ2n) is 8.74. The average molecular weight is 481 g/mol. The quantitative estimate of drug-likeness (QED) is 0.342. The fourth-order valence-electron chi connectivity index (χ4n) is 4.29. The number of para-hydroxylation sites is 1. The lowest BCUT2D eigenvalue weighted by Gasteiger charge is -2.10. The van der Waals surface area contributed by atoms with Crippen LogP contribution in [0.4, 0.5) is 5.69 Å². The van der Waals surface area contributed by atoms with E-state index < -0.39 is 0 Å². The van der Waals surface area contributed by atoms with Gasteiger partial charge in [0.15, 0.2) is 6.73 Å². The lowest BCUT2D eigenvalue weighted by molar-refractivity contribution is 0.102. The molecule has 0 atom stereocenters. The maximum Gasteiger partial charge on any atom is 0.256 e. The Balaban J connectivity index is 1.38. The number of aryl methyl sites for hydroxylation is 3. The summed E-state index contributed by atoms with van der Waals surface area (Å²) in [5, 5.41) is 12.6. The Morgan fingerprint density at radius 3 is 2.58 bits per heavy atom. The van der Waals surface area contributed by atoms with Crippen LogP contribution < -0.4 is 10.1 Å². The smallest absolute Gasteiger partial charge is 0.256 e. The van der Waals surface area contributed by atoms with Crippen LogP contribution in [0.1, 0.15) is 34.2 Å². The van der Waals surface area contributed by atoms with E-state index in [4.69, 9.17) is 9.72 Å². The Kier molecular flexibility index (Phi) is 6.25. The van der Waals surface area contributed by atoms with Gasteiger partial charge in [-0.3, -0.25) is 9.48 Å². The molecule has 3 aromatic heterocycles. The third-order valence-corrected chi connectivity index (χ3v) is 6.31. The molecular formula is C28H28N6O2. The number of fused-ring (bicyclic) bond motifs is 1. The molecule has 0 aliphatic carbocycles. The number of carbonyl (C=O) groups excluding carboxylic acids is 1. The average Bonchev–Trinajstić information content (AvgIpc) is 3.44. The maximum atomic E-state index is 13.4. The molecule has 0 saturated heterocycles. The molecule has 0 bridgehead atoms. The predicted octanol–water partition coefficient (Wildman–Crippen LogP) is 5.30. The Bertz CT molecular complexity index is 1550. The van der Waals surface area contributed by atoms with Gasteiger partial charge in [0.05, 0.1) is 40.5 Å². The Labute approximate surface area is 209 Å². The molecule has 0 unspecified atom stereocenters.